The second-order valence-corrected chi connectivity index (χ2v) is 7.23. The Labute approximate surface area is 171 Å². The smallest absolute Gasteiger partial charge is 0.284 e. The number of carbonyl (C=O) groups excluding carboxylic acids is 1. The summed E-state index contributed by atoms with van der Waals surface area (Å²) in [5.74, 6) is -0.671. The van der Waals surface area contributed by atoms with Gasteiger partial charge in [-0.3, -0.25) is 4.79 Å². The molecule has 0 radical (unpaired) electrons. The summed E-state index contributed by atoms with van der Waals surface area (Å²) < 4.78 is 27.9. The fraction of sp³-hybridized carbons (Fsp3) is 0.300. The number of fused-ring (bicyclic) bond motifs is 1. The fourth-order valence-electron chi connectivity index (χ4n) is 2.76. The molecule has 28 heavy (non-hydrogen) atoms. The van der Waals surface area contributed by atoms with Crippen LogP contribution in [0, 0.1) is 5.82 Å². The van der Waals surface area contributed by atoms with Crippen LogP contribution in [-0.4, -0.2) is 30.3 Å². The number of benzene rings is 2. The van der Waals surface area contributed by atoms with E-state index >= 15 is 0 Å². The Balaban J connectivity index is 2.10. The Morgan fingerprint density at radius 3 is 2.79 bits per heavy atom. The first-order valence-corrected chi connectivity index (χ1v) is 10.1. The predicted molar refractivity (Wildman–Crippen MR) is 109 cm³/mol. The molecule has 1 amide bonds. The number of rotatable bonds is 7. The van der Waals surface area contributed by atoms with Gasteiger partial charge in [-0.2, -0.15) is 4.99 Å². The molecule has 0 N–H and O–H groups in total. The van der Waals surface area contributed by atoms with E-state index in [1.165, 1.54) is 29.5 Å². The van der Waals surface area contributed by atoms with Gasteiger partial charge in [-0.1, -0.05) is 29.0 Å². The molecule has 1 aromatic heterocycles. The minimum absolute atomic E-state index is 0.0364. The van der Waals surface area contributed by atoms with E-state index in [0.717, 1.165) is 16.0 Å². The predicted octanol–water partition coefficient (Wildman–Crippen LogP) is 4.67. The Bertz CT molecular complexity index is 1040. The molecule has 3 rings (SSSR count). The Kier molecular flexibility index (Phi) is 6.83. The molecule has 148 valence electrons. The molecule has 5 nitrogen and oxygen atoms in total. The van der Waals surface area contributed by atoms with Gasteiger partial charge >= 0.3 is 0 Å². The first-order valence-electron chi connectivity index (χ1n) is 8.92. The van der Waals surface area contributed by atoms with Crippen molar-refractivity contribution in [2.24, 2.45) is 4.99 Å². The van der Waals surface area contributed by atoms with Gasteiger partial charge in [0.1, 0.15) is 11.6 Å². The average molecular weight is 423 g/mol. The van der Waals surface area contributed by atoms with Gasteiger partial charge in [-0.15, -0.1) is 0 Å². The maximum Gasteiger partial charge on any atom is 0.284 e. The lowest BCUT2D eigenvalue weighted by Crippen LogP contribution is -2.20. The molecule has 0 saturated carbocycles. The van der Waals surface area contributed by atoms with Crippen LogP contribution < -0.4 is 9.54 Å². The highest BCUT2D eigenvalue weighted by Gasteiger charge is 2.16. The highest BCUT2D eigenvalue weighted by molar-refractivity contribution is 7.16. The Morgan fingerprint density at radius 1 is 1.25 bits per heavy atom. The second-order valence-electron chi connectivity index (χ2n) is 5.81. The maximum atomic E-state index is 14.1. The van der Waals surface area contributed by atoms with Gasteiger partial charge in [0.15, 0.2) is 4.80 Å². The molecule has 0 aliphatic rings. The zero-order valence-corrected chi connectivity index (χ0v) is 17.1. The topological polar surface area (TPSA) is 52.8 Å². The van der Waals surface area contributed by atoms with Crippen molar-refractivity contribution in [3.05, 3.63) is 57.6 Å². The summed E-state index contributed by atoms with van der Waals surface area (Å²) in [5, 5.41) is 0.0364. The fourth-order valence-corrected chi connectivity index (χ4v) is 4.08. The minimum Gasteiger partial charge on any atom is -0.494 e. The van der Waals surface area contributed by atoms with E-state index in [1.54, 1.807) is 0 Å². The van der Waals surface area contributed by atoms with E-state index in [1.807, 2.05) is 36.6 Å². The van der Waals surface area contributed by atoms with Crippen molar-refractivity contribution < 1.29 is 18.7 Å². The summed E-state index contributed by atoms with van der Waals surface area (Å²) in [5.41, 5.74) is 0.673. The van der Waals surface area contributed by atoms with E-state index in [-0.39, 0.29) is 10.6 Å². The lowest BCUT2D eigenvalue weighted by molar-refractivity contribution is 0.0993. The van der Waals surface area contributed by atoms with Gasteiger partial charge in [-0.05, 0) is 44.2 Å². The van der Waals surface area contributed by atoms with Crippen LogP contribution in [0.5, 0.6) is 5.75 Å². The van der Waals surface area contributed by atoms with Gasteiger partial charge in [0, 0.05) is 13.2 Å². The summed E-state index contributed by atoms with van der Waals surface area (Å²) in [4.78, 5) is 17.2. The Morgan fingerprint density at radius 2 is 2.07 bits per heavy atom. The number of ether oxygens (including phenoxy) is 2. The molecule has 3 aromatic rings. The summed E-state index contributed by atoms with van der Waals surface area (Å²) in [6.45, 7) is 5.96. The third kappa shape index (κ3) is 4.43. The van der Waals surface area contributed by atoms with Crippen molar-refractivity contribution in [1.29, 1.82) is 0 Å². The number of amides is 1. The summed E-state index contributed by atoms with van der Waals surface area (Å²) in [6.07, 6.45) is 0. The summed E-state index contributed by atoms with van der Waals surface area (Å²) in [7, 11) is 0. The second kappa shape index (κ2) is 9.32. The third-order valence-electron chi connectivity index (χ3n) is 4.00. The number of nitrogens with zero attached hydrogens (tertiary/aromatic N) is 2. The van der Waals surface area contributed by atoms with Crippen LogP contribution >= 0.6 is 22.9 Å². The van der Waals surface area contributed by atoms with Crippen LogP contribution in [0.25, 0.3) is 10.2 Å². The number of halogens is 2. The molecule has 0 spiro atoms. The Hall–Kier alpha value is -2.22. The van der Waals surface area contributed by atoms with Crippen molar-refractivity contribution in [3.8, 4) is 5.75 Å². The zero-order valence-electron chi connectivity index (χ0n) is 15.6. The van der Waals surface area contributed by atoms with Gasteiger partial charge in [0.25, 0.3) is 5.91 Å². The highest BCUT2D eigenvalue weighted by Crippen LogP contribution is 2.24. The standard InChI is InChI=1S/C20H20ClFN2O3S/c1-3-26-11-10-24-16-9-8-13(27-4-2)12-17(16)28-20(24)23-19(25)18-14(21)6-5-7-15(18)22/h5-9,12H,3-4,10-11H2,1-2H3. The molecular weight excluding hydrogens is 403 g/mol. The van der Waals surface area contributed by atoms with E-state index < -0.39 is 11.7 Å². The maximum absolute atomic E-state index is 14.1. The molecule has 0 aliphatic carbocycles. The van der Waals surface area contributed by atoms with Gasteiger partial charge < -0.3 is 14.0 Å². The van der Waals surface area contributed by atoms with E-state index in [9.17, 15) is 9.18 Å². The van der Waals surface area contributed by atoms with Crippen LogP contribution in [0.3, 0.4) is 0 Å². The summed E-state index contributed by atoms with van der Waals surface area (Å²) >= 11 is 7.34. The van der Waals surface area contributed by atoms with Crippen molar-refractivity contribution >= 4 is 39.1 Å². The molecule has 1 heterocycles. The minimum atomic E-state index is -0.718. The van der Waals surface area contributed by atoms with Crippen LogP contribution in [0.1, 0.15) is 24.2 Å². The third-order valence-corrected chi connectivity index (χ3v) is 5.36. The van der Waals surface area contributed by atoms with Crippen LogP contribution in [0.4, 0.5) is 4.39 Å². The molecule has 0 fully saturated rings. The van der Waals surface area contributed by atoms with Crippen molar-refractivity contribution in [3.63, 3.8) is 0 Å². The quantitative estimate of drug-likeness (QED) is 0.520. The number of aromatic nitrogens is 1. The van der Waals surface area contributed by atoms with Gasteiger partial charge in [0.05, 0.1) is 34.0 Å². The van der Waals surface area contributed by atoms with E-state index in [4.69, 9.17) is 21.1 Å². The van der Waals surface area contributed by atoms with Gasteiger partial charge in [0.2, 0.25) is 0 Å². The van der Waals surface area contributed by atoms with Gasteiger partial charge in [-0.25, -0.2) is 4.39 Å². The molecule has 0 saturated heterocycles. The van der Waals surface area contributed by atoms with Crippen LogP contribution in [0.15, 0.2) is 41.4 Å². The molecule has 0 unspecified atom stereocenters. The van der Waals surface area contributed by atoms with E-state index in [0.29, 0.717) is 31.2 Å². The SMILES string of the molecule is CCOCCn1c(=NC(=O)c2c(F)cccc2Cl)sc2cc(OCC)ccc21. The average Bonchev–Trinajstić information content (AvgIpc) is 2.98. The normalized spacial score (nSPS) is 11.9. The van der Waals surface area contributed by atoms with Crippen molar-refractivity contribution in [2.45, 2.75) is 20.4 Å². The number of hydrogen-bond acceptors (Lipinski definition) is 4. The number of thiazole rings is 1. The molecule has 8 heteroatoms. The number of hydrogen-bond donors (Lipinski definition) is 0. The zero-order chi connectivity index (χ0) is 20.1. The summed E-state index contributed by atoms with van der Waals surface area (Å²) in [6, 6.07) is 9.80. The monoisotopic (exact) mass is 422 g/mol. The largest absolute Gasteiger partial charge is 0.494 e. The lowest BCUT2D eigenvalue weighted by atomic mass is 10.2. The van der Waals surface area contributed by atoms with Crippen LogP contribution in [-0.2, 0) is 11.3 Å². The van der Waals surface area contributed by atoms with E-state index in [2.05, 4.69) is 4.99 Å². The first-order chi connectivity index (χ1) is 13.5. The van der Waals surface area contributed by atoms with Crippen molar-refractivity contribution in [1.82, 2.24) is 4.57 Å². The molecular formula is C20H20ClFN2O3S. The molecule has 0 bridgehead atoms. The highest BCUT2D eigenvalue weighted by atomic mass is 35.5. The number of carbonyl (C=O) groups is 1. The first kappa shape index (κ1) is 20.5. The molecule has 2 aromatic carbocycles. The van der Waals surface area contributed by atoms with Crippen molar-refractivity contribution in [2.75, 3.05) is 19.8 Å². The van der Waals surface area contributed by atoms with Crippen LogP contribution in [0.2, 0.25) is 5.02 Å². The molecule has 0 atom stereocenters. The lowest BCUT2D eigenvalue weighted by Gasteiger charge is -2.07. The molecule has 0 aliphatic heterocycles.